The second-order valence-electron chi connectivity index (χ2n) is 5.02. The molecule has 0 spiro atoms. The first-order valence-corrected chi connectivity index (χ1v) is 9.05. The van der Waals surface area contributed by atoms with Crippen molar-refractivity contribution in [2.24, 2.45) is 0 Å². The van der Waals surface area contributed by atoms with Crippen LogP contribution < -0.4 is 15.4 Å². The van der Waals surface area contributed by atoms with Gasteiger partial charge < -0.3 is 10.6 Å². The van der Waals surface area contributed by atoms with E-state index in [4.69, 9.17) is 11.6 Å². The maximum Gasteiger partial charge on any atom is 0.315 e. The summed E-state index contributed by atoms with van der Waals surface area (Å²) in [5.41, 5.74) is 1.57. The van der Waals surface area contributed by atoms with Crippen molar-refractivity contribution in [3.05, 3.63) is 64.7 Å². The van der Waals surface area contributed by atoms with Crippen LogP contribution in [0.1, 0.15) is 11.1 Å². The van der Waals surface area contributed by atoms with Gasteiger partial charge >= 0.3 is 6.03 Å². The number of rotatable bonds is 6. The highest BCUT2D eigenvalue weighted by molar-refractivity contribution is 7.89. The summed E-state index contributed by atoms with van der Waals surface area (Å²) < 4.78 is 25.8. The first-order chi connectivity index (χ1) is 11.4. The number of carbonyl (C=O) groups is 1. The molecule has 2 rings (SSSR count). The molecule has 0 aliphatic heterocycles. The van der Waals surface area contributed by atoms with Gasteiger partial charge in [-0.05, 0) is 42.4 Å². The number of benzene rings is 2. The van der Waals surface area contributed by atoms with E-state index in [2.05, 4.69) is 15.4 Å². The monoisotopic (exact) mass is 367 g/mol. The molecule has 0 atom stereocenters. The van der Waals surface area contributed by atoms with Gasteiger partial charge in [0.25, 0.3) is 0 Å². The minimum absolute atomic E-state index is 0.156. The quantitative estimate of drug-likeness (QED) is 0.731. The van der Waals surface area contributed by atoms with Crippen LogP contribution in [-0.4, -0.2) is 21.5 Å². The van der Waals surface area contributed by atoms with E-state index in [1.165, 1.54) is 19.2 Å². The molecule has 0 aromatic heterocycles. The second-order valence-corrected chi connectivity index (χ2v) is 7.34. The first-order valence-electron chi connectivity index (χ1n) is 7.19. The Bertz CT molecular complexity index is 825. The molecule has 24 heavy (non-hydrogen) atoms. The van der Waals surface area contributed by atoms with Gasteiger partial charge in [-0.1, -0.05) is 35.9 Å². The molecule has 0 saturated carbocycles. The average molecular weight is 368 g/mol. The van der Waals surface area contributed by atoms with Gasteiger partial charge in [0.2, 0.25) is 10.0 Å². The maximum absolute atomic E-state index is 11.8. The van der Waals surface area contributed by atoms with Crippen LogP contribution in [-0.2, 0) is 23.1 Å². The number of hydrogen-bond acceptors (Lipinski definition) is 3. The Morgan fingerprint density at radius 3 is 2.17 bits per heavy atom. The average Bonchev–Trinajstić information content (AvgIpc) is 2.58. The Labute approximate surface area is 146 Å². The maximum atomic E-state index is 11.8. The highest BCUT2D eigenvalue weighted by Crippen LogP contribution is 2.11. The van der Waals surface area contributed by atoms with Crippen molar-refractivity contribution < 1.29 is 13.2 Å². The van der Waals surface area contributed by atoms with E-state index < -0.39 is 10.0 Å². The van der Waals surface area contributed by atoms with Crippen LogP contribution in [0.25, 0.3) is 0 Å². The summed E-state index contributed by atoms with van der Waals surface area (Å²) in [5, 5.41) is 6.00. The lowest BCUT2D eigenvalue weighted by atomic mass is 10.2. The molecule has 128 valence electrons. The molecule has 0 saturated heterocycles. The van der Waals surface area contributed by atoms with Crippen molar-refractivity contribution in [2.45, 2.75) is 18.0 Å². The van der Waals surface area contributed by atoms with E-state index in [-0.39, 0.29) is 17.5 Å². The third-order valence-electron chi connectivity index (χ3n) is 3.27. The smallest absolute Gasteiger partial charge is 0.315 e. The fraction of sp³-hybridized carbons (Fsp3) is 0.188. The molecular formula is C16H18ClN3O3S. The normalized spacial score (nSPS) is 11.1. The van der Waals surface area contributed by atoms with Gasteiger partial charge in [0.05, 0.1) is 4.90 Å². The zero-order chi connectivity index (χ0) is 17.6. The highest BCUT2D eigenvalue weighted by atomic mass is 35.5. The van der Waals surface area contributed by atoms with Gasteiger partial charge in [0.1, 0.15) is 0 Å². The second kappa shape index (κ2) is 8.14. The molecule has 0 bridgehead atoms. The van der Waals surface area contributed by atoms with Crippen LogP contribution in [0.15, 0.2) is 53.4 Å². The van der Waals surface area contributed by atoms with E-state index in [0.29, 0.717) is 17.1 Å². The largest absolute Gasteiger partial charge is 0.334 e. The molecule has 2 aromatic carbocycles. The molecule has 0 heterocycles. The SMILES string of the molecule is CNS(=O)(=O)c1cccc(CNC(=O)NCc2cccc(Cl)c2)c1. The summed E-state index contributed by atoms with van der Waals surface area (Å²) in [4.78, 5) is 12.0. The lowest BCUT2D eigenvalue weighted by Gasteiger charge is -2.09. The zero-order valence-electron chi connectivity index (χ0n) is 13.0. The third kappa shape index (κ3) is 5.23. The van der Waals surface area contributed by atoms with Gasteiger partial charge in [0, 0.05) is 18.1 Å². The van der Waals surface area contributed by atoms with E-state index in [9.17, 15) is 13.2 Å². The van der Waals surface area contributed by atoms with Gasteiger partial charge in [-0.15, -0.1) is 0 Å². The molecule has 0 aliphatic rings. The third-order valence-corrected chi connectivity index (χ3v) is 4.92. The Kier molecular flexibility index (Phi) is 6.19. The molecule has 8 heteroatoms. The van der Waals surface area contributed by atoms with Crippen molar-refractivity contribution >= 4 is 27.7 Å². The molecule has 0 aliphatic carbocycles. The van der Waals surface area contributed by atoms with Crippen LogP contribution >= 0.6 is 11.6 Å². The van der Waals surface area contributed by atoms with Gasteiger partial charge in [-0.2, -0.15) is 0 Å². The summed E-state index contributed by atoms with van der Waals surface area (Å²) in [7, 11) is -2.15. The molecule has 0 radical (unpaired) electrons. The van der Waals surface area contributed by atoms with Crippen LogP contribution in [0.4, 0.5) is 4.79 Å². The van der Waals surface area contributed by atoms with E-state index in [0.717, 1.165) is 5.56 Å². The Balaban J connectivity index is 1.89. The van der Waals surface area contributed by atoms with Gasteiger partial charge in [0.15, 0.2) is 0 Å². The van der Waals surface area contributed by atoms with E-state index in [1.54, 1.807) is 24.3 Å². The van der Waals surface area contributed by atoms with Gasteiger partial charge in [-0.25, -0.2) is 17.9 Å². The topological polar surface area (TPSA) is 87.3 Å². The zero-order valence-corrected chi connectivity index (χ0v) is 14.6. The standard InChI is InChI=1S/C16H18ClN3O3S/c1-18-24(22,23)15-7-3-5-13(9-15)11-20-16(21)19-10-12-4-2-6-14(17)8-12/h2-9,18H,10-11H2,1H3,(H2,19,20,21). The number of hydrogen-bond donors (Lipinski definition) is 3. The first kappa shape index (κ1) is 18.3. The van der Waals surface area contributed by atoms with E-state index >= 15 is 0 Å². The van der Waals surface area contributed by atoms with Gasteiger partial charge in [-0.3, -0.25) is 0 Å². The molecule has 0 fully saturated rings. The summed E-state index contributed by atoms with van der Waals surface area (Å²) in [6, 6.07) is 13.2. The molecular weight excluding hydrogens is 350 g/mol. The number of urea groups is 1. The van der Waals surface area contributed by atoms with Crippen molar-refractivity contribution in [2.75, 3.05) is 7.05 Å². The van der Waals surface area contributed by atoms with Crippen LogP contribution in [0.3, 0.4) is 0 Å². The minimum Gasteiger partial charge on any atom is -0.334 e. The van der Waals surface area contributed by atoms with Crippen molar-refractivity contribution in [3.63, 3.8) is 0 Å². The molecule has 0 unspecified atom stereocenters. The summed E-state index contributed by atoms with van der Waals surface area (Å²) in [6.07, 6.45) is 0. The van der Waals surface area contributed by atoms with E-state index in [1.807, 2.05) is 12.1 Å². The molecule has 3 N–H and O–H groups in total. The molecule has 2 aromatic rings. The number of halogens is 1. The summed E-state index contributed by atoms with van der Waals surface area (Å²) in [6.45, 7) is 0.565. The van der Waals surface area contributed by atoms with Crippen LogP contribution in [0.5, 0.6) is 0 Å². The number of nitrogens with one attached hydrogen (secondary N) is 3. The predicted octanol–water partition coefficient (Wildman–Crippen LogP) is 2.25. The number of amides is 2. The fourth-order valence-electron chi connectivity index (χ4n) is 2.01. The fourth-order valence-corrected chi connectivity index (χ4v) is 3.03. The Hall–Kier alpha value is -2.09. The van der Waals surface area contributed by atoms with Crippen molar-refractivity contribution in [1.29, 1.82) is 0 Å². The lowest BCUT2D eigenvalue weighted by molar-refractivity contribution is 0.240. The molecule has 2 amide bonds. The summed E-state index contributed by atoms with van der Waals surface area (Å²) in [5.74, 6) is 0. The van der Waals surface area contributed by atoms with Crippen LogP contribution in [0, 0.1) is 0 Å². The summed E-state index contributed by atoms with van der Waals surface area (Å²) >= 11 is 5.88. The van der Waals surface area contributed by atoms with Crippen molar-refractivity contribution in [3.8, 4) is 0 Å². The highest BCUT2D eigenvalue weighted by Gasteiger charge is 2.11. The lowest BCUT2D eigenvalue weighted by Crippen LogP contribution is -2.34. The van der Waals surface area contributed by atoms with Crippen molar-refractivity contribution in [1.82, 2.24) is 15.4 Å². The van der Waals surface area contributed by atoms with Crippen LogP contribution in [0.2, 0.25) is 5.02 Å². The molecule has 6 nitrogen and oxygen atoms in total. The number of sulfonamides is 1. The predicted molar refractivity (Wildman–Crippen MR) is 93.2 cm³/mol. The Morgan fingerprint density at radius 2 is 1.58 bits per heavy atom. The number of carbonyl (C=O) groups excluding carboxylic acids is 1. The minimum atomic E-state index is -3.50. The Morgan fingerprint density at radius 1 is 1.00 bits per heavy atom.